The molecule has 34 heavy (non-hydrogen) atoms. The van der Waals surface area contributed by atoms with Crippen LogP contribution in [0.1, 0.15) is 69.2 Å². The molecule has 182 valence electrons. The van der Waals surface area contributed by atoms with E-state index in [1.54, 1.807) is 7.11 Å². The van der Waals surface area contributed by atoms with Gasteiger partial charge in [-0.1, -0.05) is 52.0 Å². The summed E-state index contributed by atoms with van der Waals surface area (Å²) in [5.74, 6) is 1.85. The molecule has 6 rings (SSSR count). The van der Waals surface area contributed by atoms with Gasteiger partial charge in [-0.25, -0.2) is 4.79 Å². The highest BCUT2D eigenvalue weighted by Crippen LogP contribution is 2.48. The number of hydrogen-bond donors (Lipinski definition) is 1. The van der Waals surface area contributed by atoms with Crippen molar-refractivity contribution in [1.82, 2.24) is 10.2 Å². The Morgan fingerprint density at radius 3 is 2.41 bits per heavy atom. The van der Waals surface area contributed by atoms with Gasteiger partial charge >= 0.3 is 6.09 Å². The minimum absolute atomic E-state index is 0.0113. The highest BCUT2D eigenvalue weighted by Gasteiger charge is 2.42. The van der Waals surface area contributed by atoms with Gasteiger partial charge in [0, 0.05) is 12.1 Å². The quantitative estimate of drug-likeness (QED) is 0.598. The molecule has 2 aromatic carbocycles. The molecule has 1 unspecified atom stereocenters. The fourth-order valence-corrected chi connectivity index (χ4v) is 6.12. The molecule has 3 fully saturated rings. The van der Waals surface area contributed by atoms with E-state index in [4.69, 9.17) is 9.47 Å². The van der Waals surface area contributed by atoms with Crippen LogP contribution < -0.4 is 10.1 Å². The molecule has 0 spiro atoms. The molecule has 5 nitrogen and oxygen atoms in total. The first-order chi connectivity index (χ1) is 16.2. The van der Waals surface area contributed by atoms with E-state index in [-0.39, 0.29) is 23.7 Å². The number of piperidine rings is 3. The van der Waals surface area contributed by atoms with E-state index in [0.29, 0.717) is 11.8 Å². The van der Waals surface area contributed by atoms with E-state index in [2.05, 4.69) is 74.3 Å². The number of nitrogens with zero attached hydrogens (tertiary/aromatic N) is 1. The lowest BCUT2D eigenvalue weighted by Crippen LogP contribution is -2.53. The van der Waals surface area contributed by atoms with Crippen molar-refractivity contribution in [2.24, 2.45) is 11.3 Å². The van der Waals surface area contributed by atoms with Crippen molar-refractivity contribution in [2.45, 2.75) is 65.0 Å². The number of benzene rings is 2. The first-order valence-electron chi connectivity index (χ1n) is 12.8. The summed E-state index contributed by atoms with van der Waals surface area (Å²) in [4.78, 5) is 15.4. The lowest BCUT2D eigenvalue weighted by molar-refractivity contribution is -0.0349. The summed E-state index contributed by atoms with van der Waals surface area (Å²) in [6.45, 7) is 12.0. The van der Waals surface area contributed by atoms with Gasteiger partial charge in [-0.05, 0) is 84.0 Å². The monoisotopic (exact) mass is 462 g/mol. The lowest BCUT2D eigenvalue weighted by Gasteiger charge is -2.44. The topological polar surface area (TPSA) is 50.8 Å². The Morgan fingerprint density at radius 2 is 1.82 bits per heavy atom. The van der Waals surface area contributed by atoms with Crippen LogP contribution in [0.3, 0.4) is 0 Å². The zero-order chi connectivity index (χ0) is 24.0. The number of nitrogens with one attached hydrogen (secondary N) is 1. The molecule has 3 heterocycles. The highest BCUT2D eigenvalue weighted by molar-refractivity contribution is 5.74. The third-order valence-electron chi connectivity index (χ3n) is 8.20. The molecule has 4 aliphatic rings. The molecular weight excluding hydrogens is 424 g/mol. The fourth-order valence-electron chi connectivity index (χ4n) is 6.12. The number of carbonyl (C=O) groups excluding carboxylic acids is 1. The molecular formula is C29H38N2O3. The predicted molar refractivity (Wildman–Crippen MR) is 135 cm³/mol. The molecule has 0 aromatic heterocycles. The van der Waals surface area contributed by atoms with E-state index in [0.717, 1.165) is 61.3 Å². The summed E-state index contributed by atoms with van der Waals surface area (Å²) in [5, 5.41) is 3.23. The van der Waals surface area contributed by atoms with Crippen molar-refractivity contribution < 1.29 is 14.3 Å². The Kier molecular flexibility index (Phi) is 6.09. The summed E-state index contributed by atoms with van der Waals surface area (Å²) in [5.41, 5.74) is 5.87. The smallest absolute Gasteiger partial charge is 0.407 e. The summed E-state index contributed by atoms with van der Waals surface area (Å²) >= 11 is 0. The van der Waals surface area contributed by atoms with Gasteiger partial charge in [0.2, 0.25) is 0 Å². The van der Waals surface area contributed by atoms with Gasteiger partial charge in [0.25, 0.3) is 0 Å². The molecule has 2 atom stereocenters. The third kappa shape index (κ3) is 4.31. The average Bonchev–Trinajstić information content (AvgIpc) is 3.07. The van der Waals surface area contributed by atoms with Gasteiger partial charge in [-0.15, -0.1) is 0 Å². The van der Waals surface area contributed by atoms with Crippen molar-refractivity contribution in [3.8, 4) is 16.9 Å². The molecule has 0 saturated carbocycles. The van der Waals surface area contributed by atoms with Crippen LogP contribution in [0.15, 0.2) is 36.4 Å². The second-order valence-corrected chi connectivity index (χ2v) is 11.4. The maximum atomic E-state index is 13.0. The number of amides is 1. The first-order valence-corrected chi connectivity index (χ1v) is 12.8. The molecule has 3 saturated heterocycles. The largest absolute Gasteiger partial charge is 0.496 e. The van der Waals surface area contributed by atoms with Crippen molar-refractivity contribution in [3.63, 3.8) is 0 Å². The summed E-state index contributed by atoms with van der Waals surface area (Å²) in [7, 11) is 1.72. The van der Waals surface area contributed by atoms with E-state index in [9.17, 15) is 4.79 Å². The zero-order valence-electron chi connectivity index (χ0n) is 21.2. The van der Waals surface area contributed by atoms with Crippen LogP contribution in [0.5, 0.6) is 5.75 Å². The molecule has 1 amide bonds. The Labute approximate surface area is 203 Å². The Bertz CT molecular complexity index is 1050. The number of carbonyl (C=O) groups is 1. The predicted octanol–water partition coefficient (Wildman–Crippen LogP) is 5.93. The molecule has 2 aromatic rings. The van der Waals surface area contributed by atoms with Crippen LogP contribution in [0.25, 0.3) is 11.1 Å². The zero-order valence-corrected chi connectivity index (χ0v) is 21.2. The van der Waals surface area contributed by atoms with Gasteiger partial charge in [-0.2, -0.15) is 0 Å². The molecule has 1 N–H and O–H groups in total. The number of ether oxygens (including phenoxy) is 2. The summed E-state index contributed by atoms with van der Waals surface area (Å²) in [6, 6.07) is 13.0. The Morgan fingerprint density at radius 1 is 1.12 bits per heavy atom. The van der Waals surface area contributed by atoms with E-state index >= 15 is 0 Å². The van der Waals surface area contributed by atoms with E-state index in [1.807, 2.05) is 0 Å². The van der Waals surface area contributed by atoms with E-state index in [1.165, 1.54) is 11.1 Å². The standard InChI is InChI=1S/C29H38N2O3/c1-18(2)19-6-8-20(9-7-19)23-14-22-16-29(3,4)27(24(22)15-25(23)33-5)30-28(32)34-26-17-31-12-10-21(26)11-13-31/h6-9,14-15,18,21,26-27H,10-13,16-17H2,1-5H3,(H,30,32)/t26-,27?/m0/s1. The minimum atomic E-state index is -0.294. The van der Waals surface area contributed by atoms with Crippen LogP contribution in [0, 0.1) is 11.3 Å². The third-order valence-corrected chi connectivity index (χ3v) is 8.20. The minimum Gasteiger partial charge on any atom is -0.496 e. The normalized spacial score (nSPS) is 26.9. The SMILES string of the molecule is COc1cc2c(cc1-c1ccc(C(C)C)cc1)CC(C)(C)C2NC(=O)O[C@H]1CN2CCC1CC2. The lowest BCUT2D eigenvalue weighted by atomic mass is 9.85. The van der Waals surface area contributed by atoms with Gasteiger partial charge < -0.3 is 14.8 Å². The fraction of sp³-hybridized carbons (Fsp3) is 0.552. The molecule has 1 aliphatic carbocycles. The van der Waals surface area contributed by atoms with Gasteiger partial charge in [-0.3, -0.25) is 4.90 Å². The summed E-state index contributed by atoms with van der Waals surface area (Å²) < 4.78 is 11.8. The number of methoxy groups -OCH3 is 1. The van der Waals surface area contributed by atoms with Crippen molar-refractivity contribution in [3.05, 3.63) is 53.1 Å². The van der Waals surface area contributed by atoms with Crippen LogP contribution in [0.2, 0.25) is 0 Å². The van der Waals surface area contributed by atoms with Crippen LogP contribution in [0.4, 0.5) is 4.79 Å². The Balaban J connectivity index is 1.38. The van der Waals surface area contributed by atoms with Crippen LogP contribution in [-0.4, -0.2) is 43.8 Å². The summed E-state index contributed by atoms with van der Waals surface area (Å²) in [6.07, 6.45) is 2.88. The molecule has 3 aliphatic heterocycles. The molecule has 5 heteroatoms. The first kappa shape index (κ1) is 23.2. The highest BCUT2D eigenvalue weighted by atomic mass is 16.6. The van der Waals surface area contributed by atoms with Crippen molar-refractivity contribution in [2.75, 3.05) is 26.7 Å². The number of fused-ring (bicyclic) bond motifs is 4. The average molecular weight is 463 g/mol. The Hall–Kier alpha value is -2.53. The van der Waals surface area contributed by atoms with E-state index < -0.39 is 0 Å². The number of hydrogen-bond acceptors (Lipinski definition) is 4. The van der Waals surface area contributed by atoms with Crippen LogP contribution >= 0.6 is 0 Å². The van der Waals surface area contributed by atoms with Gasteiger partial charge in [0.05, 0.1) is 13.2 Å². The van der Waals surface area contributed by atoms with Gasteiger partial charge in [0.15, 0.2) is 0 Å². The van der Waals surface area contributed by atoms with Crippen molar-refractivity contribution in [1.29, 1.82) is 0 Å². The molecule has 2 bridgehead atoms. The maximum Gasteiger partial charge on any atom is 0.407 e. The number of rotatable bonds is 5. The van der Waals surface area contributed by atoms with Gasteiger partial charge in [0.1, 0.15) is 11.9 Å². The van der Waals surface area contributed by atoms with Crippen molar-refractivity contribution >= 4 is 6.09 Å². The maximum absolute atomic E-state index is 13.0. The molecule has 0 radical (unpaired) electrons. The number of alkyl carbamates (subject to hydrolysis) is 1. The van der Waals surface area contributed by atoms with Crippen LogP contribution in [-0.2, 0) is 11.2 Å². The second kappa shape index (κ2) is 8.92. The second-order valence-electron chi connectivity index (χ2n) is 11.4.